The lowest BCUT2D eigenvalue weighted by Gasteiger charge is -2.04. The number of hydrogen-bond donors (Lipinski definition) is 4. The summed E-state index contributed by atoms with van der Waals surface area (Å²) >= 11 is 1.29. The first-order valence-electron chi connectivity index (χ1n) is 5.78. The van der Waals surface area contributed by atoms with Gasteiger partial charge >= 0.3 is 0 Å². The Bertz CT molecular complexity index is 506. The lowest BCUT2D eigenvalue weighted by Crippen LogP contribution is -1.76. The molecule has 0 aliphatic carbocycles. The van der Waals surface area contributed by atoms with Gasteiger partial charge in [-0.15, -0.1) is 0 Å². The summed E-state index contributed by atoms with van der Waals surface area (Å²) in [6, 6.07) is 8.90. The third-order valence-corrected chi connectivity index (χ3v) is 3.11. The van der Waals surface area contributed by atoms with Crippen LogP contribution < -0.4 is 0 Å². The largest absolute Gasteiger partial charge is 0.504 e. The molecule has 0 saturated heterocycles. The van der Waals surface area contributed by atoms with Gasteiger partial charge in [0, 0.05) is 9.79 Å². The average molecular weight is 280 g/mol. The molecule has 2 aromatic rings. The predicted octanol–water partition coefficient (Wildman–Crippen LogP) is 3.69. The number of hydrogen-bond acceptors (Lipinski definition) is 5. The van der Waals surface area contributed by atoms with E-state index in [1.165, 1.54) is 36.0 Å². The molecule has 0 atom stereocenters. The van der Waals surface area contributed by atoms with Crippen LogP contribution in [0, 0.1) is 0 Å². The van der Waals surface area contributed by atoms with Gasteiger partial charge in [0.15, 0.2) is 23.0 Å². The Hall–Kier alpha value is -2.01. The van der Waals surface area contributed by atoms with Crippen molar-refractivity contribution in [3.05, 3.63) is 36.4 Å². The second kappa shape index (κ2) is 6.80. The Balaban J connectivity index is 0.000000861. The highest BCUT2D eigenvalue weighted by molar-refractivity contribution is 7.99. The van der Waals surface area contributed by atoms with Crippen LogP contribution in [0.4, 0.5) is 0 Å². The summed E-state index contributed by atoms with van der Waals surface area (Å²) in [7, 11) is 0. The number of phenols is 4. The second-order valence-corrected chi connectivity index (χ2v) is 4.55. The van der Waals surface area contributed by atoms with Gasteiger partial charge in [0.2, 0.25) is 0 Å². The molecule has 2 aromatic carbocycles. The van der Waals surface area contributed by atoms with E-state index in [0.717, 1.165) is 0 Å². The molecule has 0 aromatic heterocycles. The van der Waals surface area contributed by atoms with Crippen molar-refractivity contribution in [1.29, 1.82) is 0 Å². The Morgan fingerprint density at radius 1 is 0.632 bits per heavy atom. The molecule has 0 aliphatic rings. The first-order valence-corrected chi connectivity index (χ1v) is 6.60. The molecule has 2 rings (SSSR count). The van der Waals surface area contributed by atoms with Crippen LogP contribution in [0.15, 0.2) is 46.2 Å². The van der Waals surface area contributed by atoms with Crippen molar-refractivity contribution in [2.45, 2.75) is 23.6 Å². The first-order chi connectivity index (χ1) is 9.06. The standard InChI is InChI=1S/C12H10O4S.C2H6/c13-9-3-1-7(5-11(9)15)17-8-2-4-10(14)12(16)6-8;1-2/h1-6,13-16H;1-2H3. The minimum atomic E-state index is -0.196. The van der Waals surface area contributed by atoms with Gasteiger partial charge in [-0.05, 0) is 36.4 Å². The van der Waals surface area contributed by atoms with Crippen molar-refractivity contribution in [3.8, 4) is 23.0 Å². The summed E-state index contributed by atoms with van der Waals surface area (Å²) in [5.74, 6) is -0.748. The molecule has 0 aliphatic heterocycles. The van der Waals surface area contributed by atoms with Gasteiger partial charge in [0.05, 0.1) is 0 Å². The topological polar surface area (TPSA) is 80.9 Å². The molecule has 0 heterocycles. The monoisotopic (exact) mass is 280 g/mol. The third-order valence-electron chi connectivity index (χ3n) is 2.13. The number of phenolic OH excluding ortho intramolecular Hbond substituents is 4. The van der Waals surface area contributed by atoms with Crippen molar-refractivity contribution < 1.29 is 20.4 Å². The summed E-state index contributed by atoms with van der Waals surface area (Å²) in [6.07, 6.45) is 0. The Morgan fingerprint density at radius 2 is 1.00 bits per heavy atom. The minimum absolute atomic E-state index is 0.178. The summed E-state index contributed by atoms with van der Waals surface area (Å²) in [5, 5.41) is 37.0. The minimum Gasteiger partial charge on any atom is -0.504 e. The molecule has 4 N–H and O–H groups in total. The molecule has 0 radical (unpaired) electrons. The molecule has 102 valence electrons. The van der Waals surface area contributed by atoms with E-state index >= 15 is 0 Å². The lowest BCUT2D eigenvalue weighted by atomic mass is 10.3. The molecule has 4 nitrogen and oxygen atoms in total. The Morgan fingerprint density at radius 3 is 1.32 bits per heavy atom. The summed E-state index contributed by atoms with van der Waals surface area (Å²) in [6.45, 7) is 4.00. The highest BCUT2D eigenvalue weighted by Crippen LogP contribution is 2.36. The maximum absolute atomic E-state index is 9.32. The quantitative estimate of drug-likeness (QED) is 0.631. The van der Waals surface area contributed by atoms with Gasteiger partial charge in [0.1, 0.15) is 0 Å². The highest BCUT2D eigenvalue weighted by atomic mass is 32.2. The van der Waals surface area contributed by atoms with Crippen LogP contribution >= 0.6 is 11.8 Å². The molecule has 0 saturated carbocycles. The van der Waals surface area contributed by atoms with Crippen molar-refractivity contribution in [3.63, 3.8) is 0 Å². The van der Waals surface area contributed by atoms with Crippen LogP contribution in [0.5, 0.6) is 23.0 Å². The van der Waals surface area contributed by atoms with Gasteiger partial charge in [-0.2, -0.15) is 0 Å². The maximum Gasteiger partial charge on any atom is 0.158 e. The molecule has 19 heavy (non-hydrogen) atoms. The van der Waals surface area contributed by atoms with Crippen LogP contribution in [0.3, 0.4) is 0 Å². The fourth-order valence-electron chi connectivity index (χ4n) is 1.27. The summed E-state index contributed by atoms with van der Waals surface area (Å²) in [4.78, 5) is 1.43. The normalized spacial score (nSPS) is 9.58. The van der Waals surface area contributed by atoms with E-state index in [9.17, 15) is 10.2 Å². The second-order valence-electron chi connectivity index (χ2n) is 3.40. The van der Waals surface area contributed by atoms with E-state index in [1.54, 1.807) is 12.1 Å². The molecule has 0 fully saturated rings. The van der Waals surface area contributed by atoms with Crippen molar-refractivity contribution in [2.75, 3.05) is 0 Å². The van der Waals surface area contributed by atoms with Crippen LogP contribution in [-0.4, -0.2) is 20.4 Å². The fourth-order valence-corrected chi connectivity index (χ4v) is 2.15. The van der Waals surface area contributed by atoms with Gasteiger partial charge in [0.25, 0.3) is 0 Å². The van der Waals surface area contributed by atoms with Gasteiger partial charge < -0.3 is 20.4 Å². The summed E-state index contributed by atoms with van der Waals surface area (Å²) < 4.78 is 0. The highest BCUT2D eigenvalue weighted by Gasteiger charge is 2.05. The van der Waals surface area contributed by atoms with Crippen LogP contribution in [0.1, 0.15) is 13.8 Å². The van der Waals surface area contributed by atoms with Crippen molar-refractivity contribution in [1.82, 2.24) is 0 Å². The fraction of sp³-hybridized carbons (Fsp3) is 0.143. The van der Waals surface area contributed by atoms with E-state index < -0.39 is 0 Å². The van der Waals surface area contributed by atoms with E-state index in [-0.39, 0.29) is 23.0 Å². The third kappa shape index (κ3) is 3.99. The van der Waals surface area contributed by atoms with Crippen molar-refractivity contribution in [2.24, 2.45) is 0 Å². The van der Waals surface area contributed by atoms with Gasteiger partial charge in [-0.25, -0.2) is 0 Å². The molecule has 0 amide bonds. The van der Waals surface area contributed by atoms with E-state index in [1.807, 2.05) is 13.8 Å². The predicted molar refractivity (Wildman–Crippen MR) is 75.0 cm³/mol. The zero-order valence-electron chi connectivity index (χ0n) is 10.7. The number of benzene rings is 2. The zero-order chi connectivity index (χ0) is 14.4. The van der Waals surface area contributed by atoms with Crippen LogP contribution in [-0.2, 0) is 0 Å². The van der Waals surface area contributed by atoms with Gasteiger partial charge in [-0.1, -0.05) is 25.6 Å². The lowest BCUT2D eigenvalue weighted by molar-refractivity contribution is 0.402. The van der Waals surface area contributed by atoms with Gasteiger partial charge in [-0.3, -0.25) is 0 Å². The molecule has 0 bridgehead atoms. The number of aromatic hydroxyl groups is 4. The SMILES string of the molecule is CC.Oc1ccc(Sc2ccc(O)c(O)c2)cc1O. The molecule has 0 spiro atoms. The smallest absolute Gasteiger partial charge is 0.158 e. The molecule has 5 heteroatoms. The molecular weight excluding hydrogens is 264 g/mol. The van der Waals surface area contributed by atoms with Crippen LogP contribution in [0.2, 0.25) is 0 Å². The Kier molecular flexibility index (Phi) is 5.38. The molecular formula is C14H16O4S. The summed E-state index contributed by atoms with van der Waals surface area (Å²) in [5.41, 5.74) is 0. The average Bonchev–Trinajstić information content (AvgIpc) is 2.41. The maximum atomic E-state index is 9.32. The first kappa shape index (κ1) is 15.0. The van der Waals surface area contributed by atoms with Crippen molar-refractivity contribution >= 4 is 11.8 Å². The van der Waals surface area contributed by atoms with E-state index in [2.05, 4.69) is 0 Å². The van der Waals surface area contributed by atoms with E-state index in [0.29, 0.717) is 9.79 Å². The van der Waals surface area contributed by atoms with E-state index in [4.69, 9.17) is 10.2 Å². The van der Waals surface area contributed by atoms with Crippen LogP contribution in [0.25, 0.3) is 0 Å². The Labute approximate surface area is 116 Å². The molecule has 0 unspecified atom stereocenters. The zero-order valence-corrected chi connectivity index (χ0v) is 11.5. The number of rotatable bonds is 2.